The van der Waals surface area contributed by atoms with E-state index in [1.54, 1.807) is 13.0 Å². The van der Waals surface area contributed by atoms with Gasteiger partial charge >= 0.3 is 0 Å². The van der Waals surface area contributed by atoms with Crippen LogP contribution < -0.4 is 0 Å². The second kappa shape index (κ2) is 2.78. The van der Waals surface area contributed by atoms with Gasteiger partial charge in [0.05, 0.1) is 5.60 Å². The predicted octanol–water partition coefficient (Wildman–Crippen LogP) is 1.70. The van der Waals surface area contributed by atoms with Gasteiger partial charge in [0.25, 0.3) is 0 Å². The van der Waals surface area contributed by atoms with Crippen molar-refractivity contribution in [2.75, 3.05) is 0 Å². The Hall–Kier alpha value is -0.630. The fraction of sp³-hybridized carbons (Fsp3) is 0.667. The largest absolute Gasteiger partial charge is 0.360 e. The molecule has 1 heterocycles. The average molecular weight is 154 g/mol. The van der Waals surface area contributed by atoms with Gasteiger partial charge in [-0.2, -0.15) is 0 Å². The Balaban J connectivity index is 2.59. The third-order valence-corrected chi connectivity index (χ3v) is 2.20. The Morgan fingerprint density at radius 2 is 2.45 bits per heavy atom. The number of carbonyl (C=O) groups is 1. The summed E-state index contributed by atoms with van der Waals surface area (Å²) in [6, 6.07) is 0. The normalized spacial score (nSPS) is 37.1. The standard InChI is InChI=1S/C9H14O2/c1-4-9(3)6-5-8(11-9)7(2)10/h4,8H,1,5-6H2,2-3H3. The van der Waals surface area contributed by atoms with E-state index in [2.05, 4.69) is 6.58 Å². The van der Waals surface area contributed by atoms with Gasteiger partial charge in [-0.25, -0.2) is 0 Å². The van der Waals surface area contributed by atoms with Crippen LogP contribution in [0.1, 0.15) is 26.7 Å². The summed E-state index contributed by atoms with van der Waals surface area (Å²) >= 11 is 0. The van der Waals surface area contributed by atoms with Gasteiger partial charge < -0.3 is 4.74 Å². The highest BCUT2D eigenvalue weighted by Gasteiger charge is 2.35. The van der Waals surface area contributed by atoms with Crippen molar-refractivity contribution in [1.29, 1.82) is 0 Å². The summed E-state index contributed by atoms with van der Waals surface area (Å²) < 4.78 is 5.49. The van der Waals surface area contributed by atoms with Crippen LogP contribution >= 0.6 is 0 Å². The van der Waals surface area contributed by atoms with E-state index in [-0.39, 0.29) is 17.5 Å². The van der Waals surface area contributed by atoms with Crippen molar-refractivity contribution in [3.05, 3.63) is 12.7 Å². The van der Waals surface area contributed by atoms with Gasteiger partial charge in [0.15, 0.2) is 5.78 Å². The van der Waals surface area contributed by atoms with Gasteiger partial charge in [0.2, 0.25) is 0 Å². The molecular weight excluding hydrogens is 140 g/mol. The van der Waals surface area contributed by atoms with Crippen molar-refractivity contribution in [2.45, 2.75) is 38.4 Å². The van der Waals surface area contributed by atoms with E-state index >= 15 is 0 Å². The highest BCUT2D eigenvalue weighted by molar-refractivity contribution is 5.80. The molecule has 0 radical (unpaired) electrons. The summed E-state index contributed by atoms with van der Waals surface area (Å²) in [7, 11) is 0. The van der Waals surface area contributed by atoms with Crippen molar-refractivity contribution in [1.82, 2.24) is 0 Å². The van der Waals surface area contributed by atoms with Crippen molar-refractivity contribution in [3.63, 3.8) is 0 Å². The molecule has 1 aliphatic heterocycles. The SMILES string of the molecule is C=CC1(C)CCC(C(C)=O)O1. The first-order chi connectivity index (χ1) is 5.07. The number of hydrogen-bond acceptors (Lipinski definition) is 2. The van der Waals surface area contributed by atoms with Crippen molar-refractivity contribution in [3.8, 4) is 0 Å². The minimum atomic E-state index is -0.268. The van der Waals surface area contributed by atoms with E-state index in [4.69, 9.17) is 4.74 Å². The Labute approximate surface area is 67.2 Å². The van der Waals surface area contributed by atoms with E-state index in [0.717, 1.165) is 12.8 Å². The maximum Gasteiger partial charge on any atom is 0.158 e. The lowest BCUT2D eigenvalue weighted by Crippen LogP contribution is -2.24. The molecule has 0 aromatic rings. The van der Waals surface area contributed by atoms with Gasteiger partial charge in [-0.05, 0) is 26.7 Å². The van der Waals surface area contributed by atoms with Crippen LogP contribution in [0.3, 0.4) is 0 Å². The molecule has 0 N–H and O–H groups in total. The molecule has 0 saturated carbocycles. The lowest BCUT2D eigenvalue weighted by atomic mass is 10.0. The predicted molar refractivity (Wildman–Crippen MR) is 43.4 cm³/mol. The molecule has 0 bridgehead atoms. The molecule has 2 heteroatoms. The zero-order valence-electron chi connectivity index (χ0n) is 7.09. The molecule has 2 nitrogen and oxygen atoms in total. The van der Waals surface area contributed by atoms with E-state index < -0.39 is 0 Å². The molecule has 2 unspecified atom stereocenters. The molecule has 0 spiro atoms. The molecule has 11 heavy (non-hydrogen) atoms. The van der Waals surface area contributed by atoms with Gasteiger partial charge in [0, 0.05) is 0 Å². The number of hydrogen-bond donors (Lipinski definition) is 0. The first-order valence-electron chi connectivity index (χ1n) is 3.89. The topological polar surface area (TPSA) is 26.3 Å². The monoisotopic (exact) mass is 154 g/mol. The molecule has 1 saturated heterocycles. The second-order valence-corrected chi connectivity index (χ2v) is 3.27. The minimum absolute atomic E-state index is 0.121. The summed E-state index contributed by atoms with van der Waals surface area (Å²) in [6.07, 6.45) is 3.31. The zero-order valence-corrected chi connectivity index (χ0v) is 7.09. The molecule has 1 rings (SSSR count). The Kier molecular flexibility index (Phi) is 2.14. The molecular formula is C9H14O2. The quantitative estimate of drug-likeness (QED) is 0.566. The fourth-order valence-corrected chi connectivity index (χ4v) is 1.30. The molecule has 0 aromatic carbocycles. The van der Waals surface area contributed by atoms with Crippen LogP contribution in [0, 0.1) is 0 Å². The highest BCUT2D eigenvalue weighted by atomic mass is 16.5. The summed E-state index contributed by atoms with van der Waals surface area (Å²) in [5.41, 5.74) is -0.268. The first-order valence-corrected chi connectivity index (χ1v) is 3.89. The number of ketones is 1. The molecule has 0 amide bonds. The Bertz CT molecular complexity index is 186. The smallest absolute Gasteiger partial charge is 0.158 e. The zero-order chi connectivity index (χ0) is 8.48. The van der Waals surface area contributed by atoms with Crippen LogP contribution in [0.2, 0.25) is 0 Å². The Morgan fingerprint density at radius 3 is 2.73 bits per heavy atom. The van der Waals surface area contributed by atoms with Gasteiger partial charge in [-0.3, -0.25) is 4.79 Å². The molecule has 62 valence electrons. The molecule has 0 aromatic heterocycles. The van der Waals surface area contributed by atoms with Crippen LogP contribution in [-0.2, 0) is 9.53 Å². The fourth-order valence-electron chi connectivity index (χ4n) is 1.30. The van der Waals surface area contributed by atoms with Crippen LogP contribution in [0.4, 0.5) is 0 Å². The number of Topliss-reactive ketones (excluding diaryl/α,β-unsaturated/α-hetero) is 1. The Morgan fingerprint density at radius 1 is 1.82 bits per heavy atom. The maximum absolute atomic E-state index is 10.9. The number of carbonyl (C=O) groups excluding carboxylic acids is 1. The van der Waals surface area contributed by atoms with Crippen LogP contribution in [-0.4, -0.2) is 17.5 Å². The van der Waals surface area contributed by atoms with E-state index in [9.17, 15) is 4.79 Å². The summed E-state index contributed by atoms with van der Waals surface area (Å²) in [6.45, 7) is 7.20. The van der Waals surface area contributed by atoms with Crippen LogP contribution in [0.25, 0.3) is 0 Å². The average Bonchev–Trinajstić information content (AvgIpc) is 2.33. The van der Waals surface area contributed by atoms with Crippen LogP contribution in [0.15, 0.2) is 12.7 Å². The molecule has 1 aliphatic rings. The summed E-state index contributed by atoms with van der Waals surface area (Å²) in [5, 5.41) is 0. The maximum atomic E-state index is 10.9. The van der Waals surface area contributed by atoms with Gasteiger partial charge in [-0.1, -0.05) is 6.08 Å². The van der Waals surface area contributed by atoms with E-state index in [0.29, 0.717) is 0 Å². The van der Waals surface area contributed by atoms with Crippen molar-refractivity contribution in [2.24, 2.45) is 0 Å². The van der Waals surface area contributed by atoms with E-state index in [1.807, 2.05) is 6.92 Å². The third kappa shape index (κ3) is 1.69. The van der Waals surface area contributed by atoms with Crippen LogP contribution in [0.5, 0.6) is 0 Å². The lowest BCUT2D eigenvalue weighted by Gasteiger charge is -2.18. The minimum Gasteiger partial charge on any atom is -0.360 e. The molecule has 1 fully saturated rings. The number of ether oxygens (including phenoxy) is 1. The lowest BCUT2D eigenvalue weighted by molar-refractivity contribution is -0.129. The first kappa shape index (κ1) is 8.47. The highest BCUT2D eigenvalue weighted by Crippen LogP contribution is 2.30. The van der Waals surface area contributed by atoms with Crippen molar-refractivity contribution >= 4 is 5.78 Å². The second-order valence-electron chi connectivity index (χ2n) is 3.27. The summed E-state index contributed by atoms with van der Waals surface area (Å²) in [5.74, 6) is 0.121. The third-order valence-electron chi connectivity index (χ3n) is 2.20. The molecule has 2 atom stereocenters. The van der Waals surface area contributed by atoms with Gasteiger partial charge in [-0.15, -0.1) is 6.58 Å². The van der Waals surface area contributed by atoms with Crippen molar-refractivity contribution < 1.29 is 9.53 Å². The van der Waals surface area contributed by atoms with E-state index in [1.165, 1.54) is 0 Å². The summed E-state index contributed by atoms with van der Waals surface area (Å²) in [4.78, 5) is 10.9. The van der Waals surface area contributed by atoms with Gasteiger partial charge in [0.1, 0.15) is 6.10 Å². The molecule has 0 aliphatic carbocycles. The number of rotatable bonds is 2.